The lowest BCUT2D eigenvalue weighted by molar-refractivity contribution is -0.123. The van der Waals surface area contributed by atoms with Crippen LogP contribution in [0.25, 0.3) is 0 Å². The number of allylic oxidation sites excluding steroid dienone is 2. The van der Waals surface area contributed by atoms with E-state index in [-0.39, 0.29) is 10.1 Å². The molecule has 4 rings (SSSR count). The highest BCUT2D eigenvalue weighted by Crippen LogP contribution is 2.77. The average molecular weight is 460 g/mol. The second-order valence-electron chi connectivity index (χ2n) is 6.43. The molecule has 0 N–H and O–H groups in total. The fourth-order valence-corrected chi connectivity index (χ4v) is 6.87. The Balaban J connectivity index is 1.90. The van der Waals surface area contributed by atoms with E-state index >= 15 is 0 Å². The van der Waals surface area contributed by atoms with Crippen molar-refractivity contribution in [3.63, 3.8) is 0 Å². The van der Waals surface area contributed by atoms with Gasteiger partial charge in [0.1, 0.15) is 9.75 Å². The number of alkyl halides is 4. The van der Waals surface area contributed by atoms with Crippen molar-refractivity contribution in [2.24, 2.45) is 11.8 Å². The number of carbonyl (C=O) groups excluding carboxylic acids is 2. The largest absolute Gasteiger partial charge is 0.274 e. The van der Waals surface area contributed by atoms with Crippen LogP contribution in [0.2, 0.25) is 0 Å². The first-order valence-electron chi connectivity index (χ1n) is 7.27. The molecule has 1 saturated heterocycles. The summed E-state index contributed by atoms with van der Waals surface area (Å²) < 4.78 is -1.91. The molecule has 1 aliphatic heterocycles. The topological polar surface area (TPSA) is 37.4 Å². The Morgan fingerprint density at radius 3 is 1.64 bits per heavy atom. The fourth-order valence-electron chi connectivity index (χ4n) is 3.94. The summed E-state index contributed by atoms with van der Waals surface area (Å²) in [6, 6.07) is 6.91. The molecule has 0 spiro atoms. The minimum Gasteiger partial charge on any atom is -0.274 e. The van der Waals surface area contributed by atoms with Crippen LogP contribution in [0.1, 0.15) is 5.56 Å². The normalized spacial score (nSPS) is 38.8. The summed E-state index contributed by atoms with van der Waals surface area (Å²) in [5, 5.41) is -0.187. The number of anilines is 1. The van der Waals surface area contributed by atoms with Crippen molar-refractivity contribution < 1.29 is 9.59 Å². The van der Waals surface area contributed by atoms with Gasteiger partial charge in [0.25, 0.3) is 0 Å². The predicted octanol–water partition coefficient (Wildman–Crippen LogP) is 4.95. The smallest absolute Gasteiger partial charge is 0.240 e. The Morgan fingerprint density at radius 1 is 0.840 bits per heavy atom. The van der Waals surface area contributed by atoms with Crippen molar-refractivity contribution in [3.8, 4) is 0 Å². The first-order valence-corrected chi connectivity index (χ1v) is 9.54. The number of amides is 2. The molecule has 2 aliphatic carbocycles. The van der Waals surface area contributed by atoms with E-state index in [0.717, 1.165) is 10.5 Å². The van der Waals surface area contributed by atoms with Crippen molar-refractivity contribution in [2.75, 3.05) is 4.90 Å². The number of benzene rings is 1. The zero-order valence-electron chi connectivity index (χ0n) is 12.5. The van der Waals surface area contributed by atoms with Gasteiger partial charge in [0.05, 0.1) is 27.6 Å². The number of hydrogen-bond donors (Lipinski definition) is 0. The third-order valence-corrected chi connectivity index (χ3v) is 9.46. The van der Waals surface area contributed by atoms with Crippen LogP contribution in [0, 0.1) is 18.8 Å². The van der Waals surface area contributed by atoms with Crippen molar-refractivity contribution in [2.45, 2.75) is 21.0 Å². The van der Waals surface area contributed by atoms with Gasteiger partial charge in [0.15, 0.2) is 4.33 Å². The second-order valence-corrected chi connectivity index (χ2v) is 9.70. The van der Waals surface area contributed by atoms with E-state index in [4.69, 9.17) is 69.6 Å². The van der Waals surface area contributed by atoms with Crippen molar-refractivity contribution in [3.05, 3.63) is 39.9 Å². The SMILES string of the molecule is Cc1ccc(N2C(=O)[C@@H]3[C@@H](C2=O)[C@]2(Cl)C(Cl)=C(Cl)[C@]3(Cl)C2(Cl)Cl)cc1. The Labute approximate surface area is 173 Å². The van der Waals surface area contributed by atoms with Crippen molar-refractivity contribution in [1.29, 1.82) is 0 Å². The third-order valence-electron chi connectivity index (χ3n) is 5.20. The minimum atomic E-state index is -1.91. The zero-order chi connectivity index (χ0) is 18.5. The van der Waals surface area contributed by atoms with Gasteiger partial charge in [-0.3, -0.25) is 9.59 Å². The highest BCUT2D eigenvalue weighted by Gasteiger charge is 2.87. The van der Waals surface area contributed by atoms with Gasteiger partial charge in [-0.1, -0.05) is 64.1 Å². The molecule has 1 aromatic rings. The van der Waals surface area contributed by atoms with Crippen LogP contribution in [0.5, 0.6) is 0 Å². The summed E-state index contributed by atoms with van der Waals surface area (Å²) in [4.78, 5) is 23.7. The van der Waals surface area contributed by atoms with Gasteiger partial charge in [-0.2, -0.15) is 0 Å². The summed E-state index contributed by atoms with van der Waals surface area (Å²) in [5.74, 6) is -3.32. The van der Waals surface area contributed by atoms with Crippen LogP contribution >= 0.6 is 69.6 Å². The number of fused-ring (bicyclic) bond motifs is 5. The predicted molar refractivity (Wildman–Crippen MR) is 101 cm³/mol. The second kappa shape index (κ2) is 5.21. The monoisotopic (exact) mass is 457 g/mol. The first-order chi connectivity index (χ1) is 11.5. The van der Waals surface area contributed by atoms with E-state index in [1.807, 2.05) is 6.92 Å². The van der Waals surface area contributed by atoms with Crippen LogP contribution in [-0.2, 0) is 9.59 Å². The molecule has 1 aromatic carbocycles. The third kappa shape index (κ3) is 1.78. The zero-order valence-corrected chi connectivity index (χ0v) is 17.0. The average Bonchev–Trinajstić information content (AvgIpc) is 2.94. The highest BCUT2D eigenvalue weighted by molar-refractivity contribution is 6.67. The Kier molecular flexibility index (Phi) is 3.80. The summed E-state index contributed by atoms with van der Waals surface area (Å²) in [6.45, 7) is 1.90. The number of imide groups is 1. The lowest BCUT2D eigenvalue weighted by atomic mass is 9.84. The van der Waals surface area contributed by atoms with Crippen LogP contribution in [0.3, 0.4) is 0 Å². The molecule has 0 unspecified atom stereocenters. The van der Waals surface area contributed by atoms with Gasteiger partial charge in [-0.15, -0.1) is 23.2 Å². The van der Waals surface area contributed by atoms with E-state index in [1.165, 1.54) is 0 Å². The van der Waals surface area contributed by atoms with Gasteiger partial charge in [0.2, 0.25) is 11.8 Å². The Hall–Kier alpha value is -0.160. The van der Waals surface area contributed by atoms with Crippen LogP contribution in [-0.4, -0.2) is 25.9 Å². The maximum atomic E-state index is 13.1. The van der Waals surface area contributed by atoms with E-state index < -0.39 is 37.7 Å². The molecule has 132 valence electrons. The number of nitrogens with zero attached hydrogens (tertiary/aromatic N) is 1. The summed E-state index contributed by atoms with van der Waals surface area (Å²) in [5.41, 5.74) is 1.40. The van der Waals surface area contributed by atoms with E-state index in [2.05, 4.69) is 0 Å². The molecule has 1 heterocycles. The maximum Gasteiger partial charge on any atom is 0.240 e. The summed E-state index contributed by atoms with van der Waals surface area (Å²) >= 11 is 38.6. The lowest BCUT2D eigenvalue weighted by Crippen LogP contribution is -2.50. The van der Waals surface area contributed by atoms with Crippen molar-refractivity contribution >= 4 is 87.1 Å². The Morgan fingerprint density at radius 2 is 1.24 bits per heavy atom. The van der Waals surface area contributed by atoms with E-state index in [1.54, 1.807) is 24.3 Å². The minimum absolute atomic E-state index is 0.0935. The molecular formula is C16H9Cl6NO2. The maximum absolute atomic E-state index is 13.1. The van der Waals surface area contributed by atoms with E-state index in [0.29, 0.717) is 5.69 Å². The van der Waals surface area contributed by atoms with Gasteiger partial charge >= 0.3 is 0 Å². The number of carbonyl (C=O) groups is 2. The van der Waals surface area contributed by atoms with Crippen LogP contribution in [0.15, 0.2) is 34.3 Å². The van der Waals surface area contributed by atoms with Gasteiger partial charge in [-0.05, 0) is 19.1 Å². The molecule has 3 nitrogen and oxygen atoms in total. The molecule has 3 aliphatic rings. The lowest BCUT2D eigenvalue weighted by Gasteiger charge is -2.34. The summed E-state index contributed by atoms with van der Waals surface area (Å²) in [6.07, 6.45) is 0. The van der Waals surface area contributed by atoms with Gasteiger partial charge in [0, 0.05) is 0 Å². The molecule has 0 radical (unpaired) electrons. The quantitative estimate of drug-likeness (QED) is 0.440. The number of hydrogen-bond acceptors (Lipinski definition) is 2. The molecule has 2 amide bonds. The Bertz CT molecular complexity index is 820. The number of halogens is 6. The number of rotatable bonds is 1. The highest BCUT2D eigenvalue weighted by atomic mass is 35.5. The molecular weight excluding hydrogens is 451 g/mol. The van der Waals surface area contributed by atoms with Crippen LogP contribution in [0.4, 0.5) is 5.69 Å². The molecule has 9 heteroatoms. The molecule has 4 atom stereocenters. The van der Waals surface area contributed by atoms with E-state index in [9.17, 15) is 9.59 Å². The molecule has 2 fully saturated rings. The molecule has 25 heavy (non-hydrogen) atoms. The number of aryl methyl sites for hydroxylation is 1. The standard InChI is InChI=1S/C16H9Cl6NO2/c1-6-2-4-7(5-3-6)23-12(24)8-9(13(23)25)15(20)11(18)10(17)14(8,19)16(15,21)22/h2-5,8-9H,1H3/t8-,9-,14-,15-/m0/s1. The first kappa shape index (κ1) is 18.2. The molecule has 0 aromatic heterocycles. The van der Waals surface area contributed by atoms with Gasteiger partial charge in [-0.25, -0.2) is 4.90 Å². The van der Waals surface area contributed by atoms with Gasteiger partial charge < -0.3 is 0 Å². The fraction of sp³-hybridized carbons (Fsp3) is 0.375. The molecule has 2 bridgehead atoms. The molecule has 1 saturated carbocycles. The van der Waals surface area contributed by atoms with Crippen LogP contribution < -0.4 is 4.90 Å². The van der Waals surface area contributed by atoms with Crippen molar-refractivity contribution in [1.82, 2.24) is 0 Å². The summed E-state index contributed by atoms with van der Waals surface area (Å²) in [7, 11) is 0.